The number of carbonyl (C=O) groups excluding carboxylic acids is 2. The number of halogens is 1. The molecular weight excluding hydrogens is 354 g/mol. The molecule has 4 N–H and O–H groups in total. The molecule has 0 saturated carbocycles. The standard InChI is InChI=1S/C19H21N3O3.ClH/c20-19(24)14-3-5-17(6-4-14)25-8-7-18(23)22-10-13-1-2-15-11-21-12-16(15)9-13;/h1-6,9,21H,7-8,10-12H2,(H2,20,24)(H,22,23);1H. The molecule has 6 nitrogen and oxygen atoms in total. The van der Waals surface area contributed by atoms with Gasteiger partial charge in [0.2, 0.25) is 11.8 Å². The third kappa shape index (κ3) is 5.21. The van der Waals surface area contributed by atoms with Crippen LogP contribution in [-0.4, -0.2) is 18.4 Å². The molecule has 138 valence electrons. The van der Waals surface area contributed by atoms with Crippen molar-refractivity contribution in [3.63, 3.8) is 0 Å². The number of nitrogens with one attached hydrogen (secondary N) is 2. The van der Waals surface area contributed by atoms with Crippen LogP contribution < -0.4 is 21.1 Å². The lowest BCUT2D eigenvalue weighted by Crippen LogP contribution is -2.24. The van der Waals surface area contributed by atoms with Gasteiger partial charge in [-0.05, 0) is 41.0 Å². The molecule has 0 atom stereocenters. The van der Waals surface area contributed by atoms with E-state index in [1.54, 1.807) is 24.3 Å². The van der Waals surface area contributed by atoms with E-state index in [1.807, 2.05) is 6.07 Å². The second-order valence-electron chi connectivity index (χ2n) is 5.97. The van der Waals surface area contributed by atoms with Crippen molar-refractivity contribution >= 4 is 24.2 Å². The first kappa shape index (κ1) is 19.8. The van der Waals surface area contributed by atoms with Crippen LogP contribution in [0.25, 0.3) is 0 Å². The highest BCUT2D eigenvalue weighted by Crippen LogP contribution is 2.17. The smallest absolute Gasteiger partial charge is 0.248 e. The van der Waals surface area contributed by atoms with Crippen LogP contribution in [0.15, 0.2) is 42.5 Å². The van der Waals surface area contributed by atoms with Crippen molar-refractivity contribution in [3.8, 4) is 5.75 Å². The Bertz CT molecular complexity index is 778. The number of benzene rings is 2. The van der Waals surface area contributed by atoms with Crippen molar-refractivity contribution < 1.29 is 14.3 Å². The fourth-order valence-corrected chi connectivity index (χ4v) is 2.72. The summed E-state index contributed by atoms with van der Waals surface area (Å²) in [4.78, 5) is 22.9. The second kappa shape index (κ2) is 9.22. The molecule has 0 unspecified atom stereocenters. The molecule has 2 amide bonds. The number of nitrogens with two attached hydrogens (primary N) is 1. The first-order valence-electron chi connectivity index (χ1n) is 8.22. The van der Waals surface area contributed by atoms with Crippen LogP contribution in [-0.2, 0) is 24.4 Å². The van der Waals surface area contributed by atoms with Gasteiger partial charge in [-0.15, -0.1) is 12.4 Å². The maximum Gasteiger partial charge on any atom is 0.248 e. The van der Waals surface area contributed by atoms with Gasteiger partial charge < -0.3 is 21.1 Å². The normalized spacial score (nSPS) is 12.0. The second-order valence-corrected chi connectivity index (χ2v) is 5.97. The summed E-state index contributed by atoms with van der Waals surface area (Å²) in [7, 11) is 0. The summed E-state index contributed by atoms with van der Waals surface area (Å²) >= 11 is 0. The molecule has 26 heavy (non-hydrogen) atoms. The molecule has 1 aliphatic rings. The molecule has 0 aromatic heterocycles. The van der Waals surface area contributed by atoms with E-state index in [0.717, 1.165) is 18.7 Å². The number of hydrogen-bond donors (Lipinski definition) is 3. The maximum atomic E-state index is 11.9. The van der Waals surface area contributed by atoms with Crippen molar-refractivity contribution in [2.75, 3.05) is 6.61 Å². The van der Waals surface area contributed by atoms with Gasteiger partial charge in [0.05, 0.1) is 13.0 Å². The van der Waals surface area contributed by atoms with Crippen LogP contribution in [0.4, 0.5) is 0 Å². The van der Waals surface area contributed by atoms with E-state index in [9.17, 15) is 9.59 Å². The zero-order chi connectivity index (χ0) is 17.6. The van der Waals surface area contributed by atoms with E-state index >= 15 is 0 Å². The number of rotatable bonds is 7. The van der Waals surface area contributed by atoms with Crippen molar-refractivity contribution in [1.29, 1.82) is 0 Å². The minimum absolute atomic E-state index is 0. The summed E-state index contributed by atoms with van der Waals surface area (Å²) in [5.41, 5.74) is 9.33. The molecule has 0 saturated heterocycles. The topological polar surface area (TPSA) is 93.5 Å². The van der Waals surface area contributed by atoms with E-state index in [2.05, 4.69) is 22.8 Å². The van der Waals surface area contributed by atoms with Gasteiger partial charge in [-0.1, -0.05) is 18.2 Å². The molecule has 0 aliphatic carbocycles. The number of primary amides is 1. The van der Waals surface area contributed by atoms with Crippen LogP contribution >= 0.6 is 12.4 Å². The highest BCUT2D eigenvalue weighted by atomic mass is 35.5. The summed E-state index contributed by atoms with van der Waals surface area (Å²) < 4.78 is 5.50. The van der Waals surface area contributed by atoms with Gasteiger partial charge in [0.15, 0.2) is 0 Å². The fourth-order valence-electron chi connectivity index (χ4n) is 2.72. The van der Waals surface area contributed by atoms with Crippen LogP contribution in [0.2, 0.25) is 0 Å². The zero-order valence-corrected chi connectivity index (χ0v) is 15.1. The van der Waals surface area contributed by atoms with Gasteiger partial charge in [-0.3, -0.25) is 9.59 Å². The van der Waals surface area contributed by atoms with Crippen LogP contribution in [0, 0.1) is 0 Å². The van der Waals surface area contributed by atoms with Gasteiger partial charge in [-0.25, -0.2) is 0 Å². The zero-order valence-electron chi connectivity index (χ0n) is 14.3. The predicted molar refractivity (Wildman–Crippen MR) is 101 cm³/mol. The molecule has 0 spiro atoms. The Labute approximate surface area is 158 Å². The minimum atomic E-state index is -0.478. The molecule has 2 aromatic carbocycles. The highest BCUT2D eigenvalue weighted by Gasteiger charge is 2.10. The quantitative estimate of drug-likeness (QED) is 0.689. The number of hydrogen-bond acceptors (Lipinski definition) is 4. The first-order valence-corrected chi connectivity index (χ1v) is 8.22. The maximum absolute atomic E-state index is 11.9. The van der Waals surface area contributed by atoms with E-state index in [0.29, 0.717) is 17.9 Å². The molecule has 2 aromatic rings. The number of fused-ring (bicyclic) bond motifs is 1. The van der Waals surface area contributed by atoms with Gasteiger partial charge in [0.25, 0.3) is 0 Å². The molecule has 7 heteroatoms. The Morgan fingerprint density at radius 3 is 2.54 bits per heavy atom. The number of amides is 2. The van der Waals surface area contributed by atoms with E-state index in [4.69, 9.17) is 10.5 Å². The molecule has 0 bridgehead atoms. The summed E-state index contributed by atoms with van der Waals surface area (Å²) in [5, 5.41) is 6.20. The van der Waals surface area contributed by atoms with E-state index < -0.39 is 5.91 Å². The van der Waals surface area contributed by atoms with Gasteiger partial charge in [0.1, 0.15) is 5.75 Å². The Morgan fingerprint density at radius 1 is 1.08 bits per heavy atom. The van der Waals surface area contributed by atoms with Crippen molar-refractivity contribution in [2.24, 2.45) is 5.73 Å². The summed E-state index contributed by atoms with van der Waals surface area (Å²) in [6.45, 7) is 2.59. The molecule has 1 heterocycles. The van der Waals surface area contributed by atoms with Gasteiger partial charge in [0, 0.05) is 25.2 Å². The Hall–Kier alpha value is -2.57. The average molecular weight is 376 g/mol. The number of carbonyl (C=O) groups is 2. The van der Waals surface area contributed by atoms with Crippen molar-refractivity contribution in [3.05, 3.63) is 64.7 Å². The largest absolute Gasteiger partial charge is 0.493 e. The lowest BCUT2D eigenvalue weighted by atomic mass is 10.1. The third-order valence-corrected chi connectivity index (χ3v) is 4.13. The summed E-state index contributed by atoms with van der Waals surface area (Å²) in [6.07, 6.45) is 0.268. The van der Waals surface area contributed by atoms with Crippen LogP contribution in [0.5, 0.6) is 5.75 Å². The SMILES string of the molecule is Cl.NC(=O)c1ccc(OCCC(=O)NCc2ccc3c(c2)CNC3)cc1. The fraction of sp³-hybridized carbons (Fsp3) is 0.263. The van der Waals surface area contributed by atoms with Gasteiger partial charge in [-0.2, -0.15) is 0 Å². The Kier molecular flexibility index (Phi) is 7.00. The lowest BCUT2D eigenvalue weighted by Gasteiger charge is -2.09. The van der Waals surface area contributed by atoms with Crippen molar-refractivity contribution in [1.82, 2.24) is 10.6 Å². The lowest BCUT2D eigenvalue weighted by molar-refractivity contribution is -0.121. The average Bonchev–Trinajstić information content (AvgIpc) is 3.08. The monoisotopic (exact) mass is 375 g/mol. The van der Waals surface area contributed by atoms with E-state index in [-0.39, 0.29) is 31.3 Å². The summed E-state index contributed by atoms with van der Waals surface area (Å²) in [5.74, 6) is 0.0598. The Balaban J connectivity index is 0.00000243. The third-order valence-electron chi connectivity index (χ3n) is 4.13. The molecular formula is C19H22ClN3O3. The molecule has 3 rings (SSSR count). The minimum Gasteiger partial charge on any atom is -0.493 e. The van der Waals surface area contributed by atoms with E-state index in [1.165, 1.54) is 11.1 Å². The van der Waals surface area contributed by atoms with Crippen molar-refractivity contribution in [2.45, 2.75) is 26.1 Å². The molecule has 0 fully saturated rings. The van der Waals surface area contributed by atoms with Gasteiger partial charge >= 0.3 is 0 Å². The Morgan fingerprint density at radius 2 is 1.81 bits per heavy atom. The first-order chi connectivity index (χ1) is 12.1. The molecule has 1 aliphatic heterocycles. The number of ether oxygens (including phenoxy) is 1. The highest BCUT2D eigenvalue weighted by molar-refractivity contribution is 5.92. The predicted octanol–water partition coefficient (Wildman–Crippen LogP) is 1.90. The van der Waals surface area contributed by atoms with Crippen LogP contribution in [0.3, 0.4) is 0 Å². The van der Waals surface area contributed by atoms with Crippen LogP contribution in [0.1, 0.15) is 33.5 Å². The summed E-state index contributed by atoms with van der Waals surface area (Å²) in [6, 6.07) is 12.8. The molecule has 0 radical (unpaired) electrons.